The molecule has 0 fully saturated rings. The van der Waals surface area contributed by atoms with Crippen LogP contribution < -0.4 is 9.46 Å². The molecule has 0 amide bonds. The molecule has 0 bridgehead atoms. The lowest BCUT2D eigenvalue weighted by Crippen LogP contribution is -2.12. The summed E-state index contributed by atoms with van der Waals surface area (Å²) in [6, 6.07) is 20.4. The molecular weight excluding hydrogens is 502 g/mol. The van der Waals surface area contributed by atoms with E-state index in [1.54, 1.807) is 25.6 Å². The number of ether oxygens (including phenoxy) is 1. The van der Waals surface area contributed by atoms with Gasteiger partial charge in [0, 0.05) is 29.0 Å². The van der Waals surface area contributed by atoms with Crippen LogP contribution >= 0.6 is 11.6 Å². The first-order chi connectivity index (χ1) is 17.4. The van der Waals surface area contributed by atoms with E-state index < -0.39 is 10.0 Å². The van der Waals surface area contributed by atoms with Crippen molar-refractivity contribution in [2.75, 3.05) is 11.8 Å². The van der Waals surface area contributed by atoms with Gasteiger partial charge in [-0.25, -0.2) is 13.4 Å². The van der Waals surface area contributed by atoms with Crippen LogP contribution in [0.15, 0.2) is 94.7 Å². The van der Waals surface area contributed by atoms with Gasteiger partial charge in [0.1, 0.15) is 11.4 Å². The monoisotopic (exact) mass is 521 g/mol. The Morgan fingerprint density at radius 3 is 2.42 bits per heavy atom. The number of hydrogen-bond acceptors (Lipinski definition) is 7. The van der Waals surface area contributed by atoms with E-state index in [0.717, 1.165) is 16.9 Å². The van der Waals surface area contributed by atoms with Crippen LogP contribution in [0.2, 0.25) is 5.02 Å². The van der Waals surface area contributed by atoms with Gasteiger partial charge in [0.15, 0.2) is 0 Å². The maximum absolute atomic E-state index is 12.6. The normalized spacial score (nSPS) is 11.4. The molecule has 0 aliphatic heterocycles. The summed E-state index contributed by atoms with van der Waals surface area (Å²) in [6.45, 7) is 0.524. The number of anilines is 1. The Morgan fingerprint density at radius 2 is 1.72 bits per heavy atom. The van der Waals surface area contributed by atoms with Crippen LogP contribution in [0.5, 0.6) is 5.75 Å². The minimum Gasteiger partial charge on any atom is -0.497 e. The zero-order chi connectivity index (χ0) is 25.1. The van der Waals surface area contributed by atoms with Gasteiger partial charge in [-0.05, 0) is 66.2 Å². The maximum Gasteiger partial charge on any atom is 0.278 e. The predicted octanol–water partition coefficient (Wildman–Crippen LogP) is 5.11. The molecule has 36 heavy (non-hydrogen) atoms. The van der Waals surface area contributed by atoms with Gasteiger partial charge in [-0.3, -0.25) is 4.72 Å². The van der Waals surface area contributed by atoms with Crippen LogP contribution in [0.1, 0.15) is 5.56 Å². The molecule has 0 atom stereocenters. The molecule has 0 spiro atoms. The number of nitrogens with one attached hydrogen (secondary N) is 1. The minimum atomic E-state index is -3.70. The highest BCUT2D eigenvalue weighted by Crippen LogP contribution is 2.24. The van der Waals surface area contributed by atoms with Gasteiger partial charge in [0.2, 0.25) is 5.82 Å². The lowest BCUT2D eigenvalue weighted by Gasteiger charge is -2.09. The molecule has 3 aromatic carbocycles. The molecule has 2 heterocycles. The smallest absolute Gasteiger partial charge is 0.278 e. The Labute approximate surface area is 212 Å². The summed E-state index contributed by atoms with van der Waals surface area (Å²) in [7, 11) is -2.10. The molecular formula is C25H20ClN5O4S. The van der Waals surface area contributed by atoms with Crippen LogP contribution in [0, 0.1) is 0 Å². The number of hydrogen-bond donors (Lipinski definition) is 1. The van der Waals surface area contributed by atoms with Crippen molar-refractivity contribution in [1.29, 1.82) is 0 Å². The zero-order valence-corrected chi connectivity index (χ0v) is 20.6. The van der Waals surface area contributed by atoms with Crippen molar-refractivity contribution in [3.63, 3.8) is 0 Å². The minimum absolute atomic E-state index is 0.137. The zero-order valence-electron chi connectivity index (χ0n) is 19.0. The van der Waals surface area contributed by atoms with Crippen molar-refractivity contribution < 1.29 is 17.7 Å². The largest absolute Gasteiger partial charge is 0.497 e. The number of rotatable bonds is 8. The fourth-order valence-corrected chi connectivity index (χ4v) is 4.64. The number of imidazole rings is 1. The molecule has 0 aliphatic carbocycles. The quantitative estimate of drug-likeness (QED) is 0.302. The number of methoxy groups -OCH3 is 1. The van der Waals surface area contributed by atoms with Gasteiger partial charge in [-0.1, -0.05) is 28.9 Å². The summed E-state index contributed by atoms with van der Waals surface area (Å²) in [6.07, 6.45) is 3.48. The van der Waals surface area contributed by atoms with E-state index in [1.807, 2.05) is 47.2 Å². The third-order valence-electron chi connectivity index (χ3n) is 5.32. The highest BCUT2D eigenvalue weighted by molar-refractivity contribution is 7.92. The summed E-state index contributed by atoms with van der Waals surface area (Å²) in [5.41, 5.74) is 2.77. The van der Waals surface area contributed by atoms with Crippen molar-refractivity contribution in [3.8, 4) is 28.7 Å². The molecule has 9 nitrogen and oxygen atoms in total. The lowest BCUT2D eigenvalue weighted by atomic mass is 10.2. The molecule has 0 aliphatic rings. The third kappa shape index (κ3) is 5.24. The average Bonchev–Trinajstić information content (AvgIpc) is 3.55. The second-order valence-corrected chi connectivity index (χ2v) is 9.96. The third-order valence-corrected chi connectivity index (χ3v) is 6.97. The maximum atomic E-state index is 12.6. The number of sulfonamides is 1. The number of halogens is 1. The molecule has 0 unspecified atom stereocenters. The average molecular weight is 522 g/mol. The Hall–Kier alpha value is -4.15. The van der Waals surface area contributed by atoms with E-state index in [1.165, 1.54) is 24.3 Å². The standard InChI is InChI=1S/C25H20ClN5O4S/c1-34-21-10-4-18(5-11-21)24-28-25(35-29-24)23-15-31(16-27-23)14-17-2-8-20(9-3-17)30-36(32,33)22-12-6-19(26)7-13-22/h2-13,15-16,30H,14H2,1H3. The van der Waals surface area contributed by atoms with E-state index >= 15 is 0 Å². The fourth-order valence-electron chi connectivity index (χ4n) is 3.46. The summed E-state index contributed by atoms with van der Waals surface area (Å²) >= 11 is 5.84. The van der Waals surface area contributed by atoms with Gasteiger partial charge < -0.3 is 13.8 Å². The fraction of sp³-hybridized carbons (Fsp3) is 0.0800. The molecule has 1 N–H and O–H groups in total. The van der Waals surface area contributed by atoms with E-state index in [0.29, 0.717) is 34.7 Å². The van der Waals surface area contributed by atoms with Gasteiger partial charge in [-0.15, -0.1) is 0 Å². The summed E-state index contributed by atoms with van der Waals surface area (Å²) in [4.78, 5) is 8.94. The van der Waals surface area contributed by atoms with Crippen molar-refractivity contribution in [2.45, 2.75) is 11.4 Å². The molecule has 0 radical (unpaired) electrons. The van der Waals surface area contributed by atoms with E-state index in [-0.39, 0.29) is 4.90 Å². The SMILES string of the molecule is COc1ccc(-c2noc(-c3cn(Cc4ccc(NS(=O)(=O)c5ccc(Cl)cc5)cc4)cn3)n2)cc1. The second-order valence-electron chi connectivity index (χ2n) is 7.84. The predicted molar refractivity (Wildman–Crippen MR) is 135 cm³/mol. The van der Waals surface area contributed by atoms with Gasteiger partial charge in [0.25, 0.3) is 15.9 Å². The topological polar surface area (TPSA) is 112 Å². The molecule has 5 aromatic rings. The van der Waals surface area contributed by atoms with Crippen molar-refractivity contribution in [3.05, 3.63) is 95.9 Å². The van der Waals surface area contributed by atoms with E-state index in [4.69, 9.17) is 20.9 Å². The Morgan fingerprint density at radius 1 is 1.00 bits per heavy atom. The Balaban J connectivity index is 1.24. The van der Waals surface area contributed by atoms with Gasteiger partial charge in [-0.2, -0.15) is 4.98 Å². The van der Waals surface area contributed by atoms with Crippen LogP contribution in [-0.4, -0.2) is 35.2 Å². The van der Waals surface area contributed by atoms with Crippen LogP contribution in [-0.2, 0) is 16.6 Å². The van der Waals surface area contributed by atoms with Crippen molar-refractivity contribution in [1.82, 2.24) is 19.7 Å². The number of nitrogens with zero attached hydrogens (tertiary/aromatic N) is 4. The van der Waals surface area contributed by atoms with Crippen molar-refractivity contribution >= 4 is 27.3 Å². The van der Waals surface area contributed by atoms with E-state index in [2.05, 4.69) is 19.8 Å². The van der Waals surface area contributed by atoms with E-state index in [9.17, 15) is 8.42 Å². The van der Waals surface area contributed by atoms with Crippen molar-refractivity contribution in [2.24, 2.45) is 0 Å². The first-order valence-electron chi connectivity index (χ1n) is 10.8. The number of benzene rings is 3. The summed E-state index contributed by atoms with van der Waals surface area (Å²) in [5.74, 6) is 1.51. The molecule has 0 saturated carbocycles. The Kier molecular flexibility index (Phi) is 6.45. The molecule has 0 saturated heterocycles. The summed E-state index contributed by atoms with van der Waals surface area (Å²) < 4.78 is 40.1. The lowest BCUT2D eigenvalue weighted by molar-refractivity contribution is 0.414. The van der Waals surface area contributed by atoms with Crippen LogP contribution in [0.4, 0.5) is 5.69 Å². The molecule has 182 valence electrons. The van der Waals surface area contributed by atoms with Crippen LogP contribution in [0.3, 0.4) is 0 Å². The first-order valence-corrected chi connectivity index (χ1v) is 12.6. The highest BCUT2D eigenvalue weighted by Gasteiger charge is 2.15. The van der Waals surface area contributed by atoms with Gasteiger partial charge >= 0.3 is 0 Å². The number of aromatic nitrogens is 4. The first kappa shape index (κ1) is 23.6. The second kappa shape index (κ2) is 9.84. The highest BCUT2D eigenvalue weighted by atomic mass is 35.5. The summed E-state index contributed by atoms with van der Waals surface area (Å²) in [5, 5.41) is 4.51. The molecule has 11 heteroatoms. The molecule has 5 rings (SSSR count). The Bertz CT molecular complexity index is 1580. The van der Waals surface area contributed by atoms with Gasteiger partial charge in [0.05, 0.1) is 18.3 Å². The molecule has 2 aromatic heterocycles. The van der Waals surface area contributed by atoms with Crippen LogP contribution in [0.25, 0.3) is 23.0 Å².